The fourth-order valence-corrected chi connectivity index (χ4v) is 4.45. The summed E-state index contributed by atoms with van der Waals surface area (Å²) in [4.78, 5) is 38.9. The topological polar surface area (TPSA) is 132 Å². The lowest BCUT2D eigenvalue weighted by Gasteiger charge is -2.31. The number of piperidine rings is 1. The number of hydrogen-bond acceptors (Lipinski definition) is 5. The monoisotopic (exact) mass is 356 g/mol. The predicted octanol–water partition coefficient (Wildman–Crippen LogP) is -0.925. The fraction of sp³-hybridized carbons (Fsp3) is 0.500. The molecule has 2 heterocycles. The second-order valence-electron chi connectivity index (χ2n) is 5.60. The van der Waals surface area contributed by atoms with Gasteiger partial charge in [0.1, 0.15) is 0 Å². The summed E-state index contributed by atoms with van der Waals surface area (Å²) in [5, 5.41) is 2.65. The minimum absolute atomic E-state index is 0.0106. The number of H-pyrrole nitrogens is 2. The van der Waals surface area contributed by atoms with E-state index in [4.69, 9.17) is 0 Å². The zero-order valence-corrected chi connectivity index (χ0v) is 14.1. The van der Waals surface area contributed by atoms with Crippen LogP contribution in [-0.2, 0) is 14.8 Å². The molecule has 1 saturated heterocycles. The molecule has 10 heteroatoms. The van der Waals surface area contributed by atoms with Crippen molar-refractivity contribution in [3.63, 3.8) is 0 Å². The maximum absolute atomic E-state index is 12.8. The lowest BCUT2D eigenvalue weighted by molar-refractivity contribution is -0.125. The molecule has 1 aliphatic heterocycles. The predicted molar refractivity (Wildman–Crippen MR) is 87.1 cm³/mol. The minimum atomic E-state index is -4.11. The molecule has 1 aromatic heterocycles. The molecule has 0 spiro atoms. The van der Waals surface area contributed by atoms with E-state index < -0.39 is 32.1 Å². The van der Waals surface area contributed by atoms with Gasteiger partial charge in [0, 0.05) is 25.3 Å². The van der Waals surface area contributed by atoms with Gasteiger partial charge in [-0.2, -0.15) is 4.31 Å². The van der Waals surface area contributed by atoms with Crippen LogP contribution in [0.25, 0.3) is 0 Å². The number of carbonyl (C=O) groups is 1. The Bertz CT molecular complexity index is 855. The van der Waals surface area contributed by atoms with Crippen LogP contribution in [0.4, 0.5) is 0 Å². The fourth-order valence-electron chi connectivity index (χ4n) is 2.72. The van der Waals surface area contributed by atoms with Crippen molar-refractivity contribution in [3.8, 4) is 0 Å². The second-order valence-corrected chi connectivity index (χ2v) is 7.47. The van der Waals surface area contributed by atoms with E-state index in [1.807, 2.05) is 4.98 Å². The summed E-state index contributed by atoms with van der Waals surface area (Å²) in [7, 11) is -4.11. The van der Waals surface area contributed by atoms with Crippen molar-refractivity contribution >= 4 is 15.9 Å². The molecule has 1 amide bonds. The van der Waals surface area contributed by atoms with Gasteiger partial charge in [0.2, 0.25) is 15.9 Å². The van der Waals surface area contributed by atoms with Gasteiger partial charge in [0.25, 0.3) is 5.56 Å². The Hall–Kier alpha value is -2.20. The molecule has 1 atom stereocenters. The standard InChI is InChI=1S/C14H20N4O5S/c1-3-6-15-12(19)10-5-4-7-18(8-10)24(22,23)11-9(2)16-14(21)17-13(11)20/h3,10H,1,4-8H2,2H3,(H,15,19)(H2,16,17,20,21). The van der Waals surface area contributed by atoms with Crippen molar-refractivity contribution in [1.82, 2.24) is 19.6 Å². The van der Waals surface area contributed by atoms with E-state index in [0.717, 1.165) is 4.31 Å². The summed E-state index contributed by atoms with van der Waals surface area (Å²) in [5.41, 5.74) is -1.76. The van der Waals surface area contributed by atoms with Crippen LogP contribution in [-0.4, -0.2) is 48.2 Å². The van der Waals surface area contributed by atoms with Crippen LogP contribution >= 0.6 is 0 Å². The quantitative estimate of drug-likeness (QED) is 0.587. The Morgan fingerprint density at radius 2 is 2.12 bits per heavy atom. The first kappa shape index (κ1) is 18.1. The molecule has 3 N–H and O–H groups in total. The van der Waals surface area contributed by atoms with Gasteiger partial charge in [0.05, 0.1) is 5.92 Å². The normalized spacial score (nSPS) is 19.0. The number of nitrogens with one attached hydrogen (secondary N) is 3. The molecule has 1 fully saturated rings. The van der Waals surface area contributed by atoms with E-state index in [0.29, 0.717) is 19.4 Å². The lowest BCUT2D eigenvalue weighted by atomic mass is 9.99. The number of hydrogen-bond donors (Lipinski definition) is 3. The van der Waals surface area contributed by atoms with Gasteiger partial charge in [-0.25, -0.2) is 13.2 Å². The Labute approximate surface area is 138 Å². The maximum Gasteiger partial charge on any atom is 0.325 e. The first-order chi connectivity index (χ1) is 11.3. The number of aryl methyl sites for hydroxylation is 1. The van der Waals surface area contributed by atoms with Crippen molar-refractivity contribution in [3.05, 3.63) is 39.2 Å². The summed E-state index contributed by atoms with van der Waals surface area (Å²) in [5.74, 6) is -0.738. The van der Waals surface area contributed by atoms with E-state index in [9.17, 15) is 22.8 Å². The molecule has 0 bridgehead atoms. The average molecular weight is 356 g/mol. The summed E-state index contributed by atoms with van der Waals surface area (Å²) in [6.45, 7) is 5.37. The largest absolute Gasteiger partial charge is 0.352 e. The molecule has 9 nitrogen and oxygen atoms in total. The van der Waals surface area contributed by atoms with Crippen LogP contribution in [0.5, 0.6) is 0 Å². The molecule has 1 aromatic rings. The molecule has 1 aliphatic rings. The van der Waals surface area contributed by atoms with E-state index in [1.165, 1.54) is 6.92 Å². The minimum Gasteiger partial charge on any atom is -0.352 e. The van der Waals surface area contributed by atoms with Crippen LogP contribution in [0.1, 0.15) is 18.5 Å². The molecule has 132 valence electrons. The summed E-state index contributed by atoms with van der Waals surface area (Å²) in [6, 6.07) is 0. The highest BCUT2D eigenvalue weighted by Crippen LogP contribution is 2.23. The van der Waals surface area contributed by atoms with Crippen molar-refractivity contribution in [2.75, 3.05) is 19.6 Å². The maximum atomic E-state index is 12.8. The van der Waals surface area contributed by atoms with Gasteiger partial charge in [0.15, 0.2) is 4.90 Å². The third kappa shape index (κ3) is 3.65. The number of amides is 1. The van der Waals surface area contributed by atoms with Gasteiger partial charge >= 0.3 is 5.69 Å². The number of rotatable bonds is 5. The average Bonchev–Trinajstić information content (AvgIpc) is 2.51. The van der Waals surface area contributed by atoms with Crippen molar-refractivity contribution in [1.29, 1.82) is 0 Å². The molecule has 0 radical (unpaired) electrons. The molecular weight excluding hydrogens is 336 g/mol. The van der Waals surface area contributed by atoms with Crippen molar-refractivity contribution in [2.24, 2.45) is 5.92 Å². The molecule has 0 aromatic carbocycles. The van der Waals surface area contributed by atoms with E-state index in [-0.39, 0.29) is 24.7 Å². The highest BCUT2D eigenvalue weighted by atomic mass is 32.2. The van der Waals surface area contributed by atoms with Gasteiger partial charge in [-0.3, -0.25) is 14.6 Å². The van der Waals surface area contributed by atoms with Crippen LogP contribution in [0, 0.1) is 12.8 Å². The number of aromatic amines is 2. The Morgan fingerprint density at radius 1 is 1.42 bits per heavy atom. The van der Waals surface area contributed by atoms with Crippen LogP contribution in [0.3, 0.4) is 0 Å². The van der Waals surface area contributed by atoms with E-state index in [1.54, 1.807) is 6.08 Å². The van der Waals surface area contributed by atoms with Gasteiger partial charge in [-0.1, -0.05) is 6.08 Å². The molecule has 0 aliphatic carbocycles. The first-order valence-electron chi connectivity index (χ1n) is 7.49. The Balaban J connectivity index is 2.30. The number of sulfonamides is 1. The number of nitrogens with zero attached hydrogens (tertiary/aromatic N) is 1. The Kier molecular flexibility index (Phi) is 5.40. The molecule has 2 rings (SSSR count). The van der Waals surface area contributed by atoms with E-state index >= 15 is 0 Å². The van der Waals surface area contributed by atoms with Gasteiger partial charge in [-0.05, 0) is 19.8 Å². The SMILES string of the molecule is C=CCNC(=O)C1CCCN(S(=O)(=O)c2c(C)[nH]c(=O)[nH]c2=O)C1. The van der Waals surface area contributed by atoms with E-state index in [2.05, 4.69) is 16.9 Å². The zero-order valence-electron chi connectivity index (χ0n) is 13.3. The third-order valence-electron chi connectivity index (χ3n) is 3.85. The molecule has 1 unspecified atom stereocenters. The van der Waals surface area contributed by atoms with Gasteiger partial charge < -0.3 is 10.3 Å². The van der Waals surface area contributed by atoms with Crippen molar-refractivity contribution < 1.29 is 13.2 Å². The smallest absolute Gasteiger partial charge is 0.325 e. The summed E-state index contributed by atoms with van der Waals surface area (Å²) in [6.07, 6.45) is 2.61. The molecule has 24 heavy (non-hydrogen) atoms. The Morgan fingerprint density at radius 3 is 2.75 bits per heavy atom. The lowest BCUT2D eigenvalue weighted by Crippen LogP contribution is -2.47. The van der Waals surface area contributed by atoms with Crippen LogP contribution < -0.4 is 16.6 Å². The summed E-state index contributed by atoms with van der Waals surface area (Å²) < 4.78 is 26.6. The molecule has 0 saturated carbocycles. The first-order valence-corrected chi connectivity index (χ1v) is 8.93. The molecular formula is C14H20N4O5S. The number of carbonyl (C=O) groups excluding carboxylic acids is 1. The van der Waals surface area contributed by atoms with Crippen LogP contribution in [0.15, 0.2) is 27.1 Å². The number of aromatic nitrogens is 2. The summed E-state index contributed by atoms with van der Waals surface area (Å²) >= 11 is 0. The van der Waals surface area contributed by atoms with Crippen molar-refractivity contribution in [2.45, 2.75) is 24.7 Å². The highest BCUT2D eigenvalue weighted by Gasteiger charge is 2.35. The third-order valence-corrected chi connectivity index (χ3v) is 5.87. The second kappa shape index (κ2) is 7.14. The van der Waals surface area contributed by atoms with Crippen LogP contribution in [0.2, 0.25) is 0 Å². The zero-order chi connectivity index (χ0) is 17.9. The van der Waals surface area contributed by atoms with Gasteiger partial charge in [-0.15, -0.1) is 6.58 Å². The highest BCUT2D eigenvalue weighted by molar-refractivity contribution is 7.89.